The Labute approximate surface area is 162 Å². The summed E-state index contributed by atoms with van der Waals surface area (Å²) < 4.78 is 26.1. The topological polar surface area (TPSA) is 117 Å². The predicted molar refractivity (Wildman–Crippen MR) is 108 cm³/mol. The van der Waals surface area contributed by atoms with Gasteiger partial charge in [-0.2, -0.15) is 0 Å². The number of hydrogen-bond acceptors (Lipinski definition) is 6. The molecule has 27 heavy (non-hydrogen) atoms. The van der Waals surface area contributed by atoms with Gasteiger partial charge in [0.05, 0.1) is 5.25 Å². The molecule has 1 aliphatic rings. The van der Waals surface area contributed by atoms with Crippen LogP contribution in [-0.4, -0.2) is 51.2 Å². The Kier molecular flexibility index (Phi) is 7.05. The monoisotopic (exact) mass is 397 g/mol. The molecule has 1 heterocycles. The average molecular weight is 398 g/mol. The first-order valence-electron chi connectivity index (χ1n) is 9.38. The summed E-state index contributed by atoms with van der Waals surface area (Å²) in [6.07, 6.45) is 1.84. The quantitative estimate of drug-likeness (QED) is 0.514. The number of aromatic nitrogens is 1. The third kappa shape index (κ3) is 5.55. The van der Waals surface area contributed by atoms with Crippen molar-refractivity contribution >= 4 is 27.6 Å². The molecule has 1 aromatic heterocycles. The predicted octanol–water partition coefficient (Wildman–Crippen LogP) is 1.40. The van der Waals surface area contributed by atoms with Crippen LogP contribution < -0.4 is 20.7 Å². The van der Waals surface area contributed by atoms with Crippen molar-refractivity contribution in [2.45, 2.75) is 38.9 Å². The van der Waals surface area contributed by atoms with Gasteiger partial charge in [0.2, 0.25) is 10.0 Å². The maximum atomic E-state index is 12.5. The van der Waals surface area contributed by atoms with Crippen LogP contribution in [0.15, 0.2) is 12.1 Å². The van der Waals surface area contributed by atoms with Crippen molar-refractivity contribution in [1.29, 1.82) is 0 Å². The number of anilines is 2. The van der Waals surface area contributed by atoms with Crippen LogP contribution in [-0.2, 0) is 10.0 Å². The summed E-state index contributed by atoms with van der Waals surface area (Å²) in [7, 11) is -2.08. The van der Waals surface area contributed by atoms with Crippen molar-refractivity contribution in [3.05, 3.63) is 17.7 Å². The number of carbonyl (C=O) groups is 1. The summed E-state index contributed by atoms with van der Waals surface area (Å²) in [4.78, 5) is 16.9. The fourth-order valence-corrected chi connectivity index (χ4v) is 3.66. The van der Waals surface area contributed by atoms with Crippen molar-refractivity contribution in [3.63, 3.8) is 0 Å². The highest BCUT2D eigenvalue weighted by molar-refractivity contribution is 7.93. The van der Waals surface area contributed by atoms with Crippen LogP contribution in [0.2, 0.25) is 0 Å². The van der Waals surface area contributed by atoms with Gasteiger partial charge < -0.3 is 16.4 Å². The van der Waals surface area contributed by atoms with E-state index < -0.39 is 15.3 Å². The second-order valence-electron chi connectivity index (χ2n) is 7.41. The first kappa shape index (κ1) is 21.4. The highest BCUT2D eigenvalue weighted by Crippen LogP contribution is 2.37. The van der Waals surface area contributed by atoms with E-state index in [1.807, 2.05) is 0 Å². The molecule has 0 spiro atoms. The smallest absolute Gasteiger partial charge is 0.251 e. The zero-order chi connectivity index (χ0) is 20.2. The van der Waals surface area contributed by atoms with Crippen LogP contribution >= 0.6 is 0 Å². The van der Waals surface area contributed by atoms with Gasteiger partial charge in [0.25, 0.3) is 5.91 Å². The molecule has 2 rings (SSSR count). The number of rotatable bonds is 10. The molecular formula is C18H31N5O3S. The van der Waals surface area contributed by atoms with Gasteiger partial charge in [-0.1, -0.05) is 6.92 Å². The third-order valence-electron chi connectivity index (χ3n) is 4.86. The molecule has 9 heteroatoms. The fourth-order valence-electron chi connectivity index (χ4n) is 2.67. The molecule has 152 valence electrons. The van der Waals surface area contributed by atoms with E-state index in [1.54, 1.807) is 19.9 Å². The minimum atomic E-state index is -3.54. The molecule has 2 unspecified atom stereocenters. The molecule has 8 nitrogen and oxygen atoms in total. The van der Waals surface area contributed by atoms with E-state index in [9.17, 15) is 13.2 Å². The zero-order valence-corrected chi connectivity index (χ0v) is 17.3. The largest absolute Gasteiger partial charge is 0.370 e. The second kappa shape index (κ2) is 8.88. The number of nitrogens with one attached hydrogen (secondary N) is 2. The standard InChI is InChI=1S/C18H31N5O3S/c1-12(2)27(25,26)23(4)17-10-14(18(24)20-7-5-6-19)9-16(22-17)21-11-15-8-13(15)3/h9-10,12-13,15H,5-8,11,19H2,1-4H3,(H,20,24)(H,21,22). The number of sulfonamides is 1. The summed E-state index contributed by atoms with van der Waals surface area (Å²) in [6, 6.07) is 3.16. The van der Waals surface area contributed by atoms with Crippen LogP contribution in [0.25, 0.3) is 0 Å². The Hall–Kier alpha value is -1.87. The first-order chi connectivity index (χ1) is 12.7. The van der Waals surface area contributed by atoms with Gasteiger partial charge in [0.1, 0.15) is 11.6 Å². The number of carbonyl (C=O) groups excluding carboxylic acids is 1. The number of pyridine rings is 1. The van der Waals surface area contributed by atoms with Gasteiger partial charge >= 0.3 is 0 Å². The molecule has 0 saturated heterocycles. The Morgan fingerprint density at radius 2 is 2.07 bits per heavy atom. The van der Waals surface area contributed by atoms with Gasteiger partial charge in [-0.05, 0) is 57.2 Å². The second-order valence-corrected chi connectivity index (χ2v) is 9.93. The normalized spacial score (nSPS) is 19.0. The number of nitrogens with two attached hydrogens (primary N) is 1. The average Bonchev–Trinajstić information content (AvgIpc) is 3.34. The van der Waals surface area contributed by atoms with E-state index in [-0.39, 0.29) is 11.7 Å². The third-order valence-corrected chi connectivity index (χ3v) is 7.00. The maximum Gasteiger partial charge on any atom is 0.251 e. The minimum Gasteiger partial charge on any atom is -0.370 e. The molecule has 1 aromatic rings. The van der Waals surface area contributed by atoms with Gasteiger partial charge in [0, 0.05) is 25.7 Å². The lowest BCUT2D eigenvalue weighted by atomic mass is 10.2. The molecule has 0 aliphatic heterocycles. The Morgan fingerprint density at radius 1 is 1.41 bits per heavy atom. The van der Waals surface area contributed by atoms with Crippen LogP contribution in [0.4, 0.5) is 11.6 Å². The van der Waals surface area contributed by atoms with Gasteiger partial charge in [-0.15, -0.1) is 0 Å². The van der Waals surface area contributed by atoms with E-state index in [0.717, 1.165) is 10.8 Å². The van der Waals surface area contributed by atoms with Crippen LogP contribution in [0, 0.1) is 11.8 Å². The minimum absolute atomic E-state index is 0.224. The van der Waals surface area contributed by atoms with Crippen molar-refractivity contribution in [2.75, 3.05) is 36.3 Å². The molecule has 1 saturated carbocycles. The van der Waals surface area contributed by atoms with Gasteiger partial charge in [0.15, 0.2) is 0 Å². The van der Waals surface area contributed by atoms with Crippen LogP contribution in [0.3, 0.4) is 0 Å². The molecule has 0 radical (unpaired) electrons. The van der Waals surface area contributed by atoms with Crippen LogP contribution in [0.5, 0.6) is 0 Å². The Balaban J connectivity index is 2.27. The molecule has 2 atom stereocenters. The summed E-state index contributed by atoms with van der Waals surface area (Å²) >= 11 is 0. The fraction of sp³-hybridized carbons (Fsp3) is 0.667. The molecule has 1 aliphatic carbocycles. The summed E-state index contributed by atoms with van der Waals surface area (Å²) in [6.45, 7) is 7.13. The van der Waals surface area contributed by atoms with E-state index in [0.29, 0.717) is 42.7 Å². The van der Waals surface area contributed by atoms with Gasteiger partial charge in [-0.25, -0.2) is 13.4 Å². The molecule has 1 fully saturated rings. The molecule has 0 bridgehead atoms. The van der Waals surface area contributed by atoms with Crippen LogP contribution in [0.1, 0.15) is 44.0 Å². The Bertz CT molecular complexity index is 766. The van der Waals surface area contributed by atoms with E-state index >= 15 is 0 Å². The number of nitrogens with zero attached hydrogens (tertiary/aromatic N) is 2. The van der Waals surface area contributed by atoms with Crippen molar-refractivity contribution < 1.29 is 13.2 Å². The SMILES string of the molecule is CC1CC1CNc1cc(C(=O)NCCCN)cc(N(C)S(=O)(=O)C(C)C)n1. The number of amides is 1. The maximum absolute atomic E-state index is 12.5. The molecule has 0 aromatic carbocycles. The highest BCUT2D eigenvalue weighted by atomic mass is 32.2. The zero-order valence-electron chi connectivity index (χ0n) is 16.5. The first-order valence-corrected chi connectivity index (χ1v) is 10.9. The molecule has 4 N–H and O–H groups in total. The highest BCUT2D eigenvalue weighted by Gasteiger charge is 2.32. The molecular weight excluding hydrogens is 366 g/mol. The summed E-state index contributed by atoms with van der Waals surface area (Å²) in [5, 5.41) is 5.45. The lowest BCUT2D eigenvalue weighted by molar-refractivity contribution is 0.0953. The van der Waals surface area contributed by atoms with Gasteiger partial charge in [-0.3, -0.25) is 9.10 Å². The van der Waals surface area contributed by atoms with Crippen molar-refractivity contribution in [1.82, 2.24) is 10.3 Å². The van der Waals surface area contributed by atoms with E-state index in [2.05, 4.69) is 22.5 Å². The van der Waals surface area contributed by atoms with Crippen molar-refractivity contribution in [3.8, 4) is 0 Å². The molecule has 1 amide bonds. The number of hydrogen-bond donors (Lipinski definition) is 3. The summed E-state index contributed by atoms with van der Waals surface area (Å²) in [5.74, 6) is 1.73. The lowest BCUT2D eigenvalue weighted by Gasteiger charge is -2.22. The van der Waals surface area contributed by atoms with E-state index in [4.69, 9.17) is 5.73 Å². The van der Waals surface area contributed by atoms with Crippen molar-refractivity contribution in [2.24, 2.45) is 17.6 Å². The summed E-state index contributed by atoms with van der Waals surface area (Å²) in [5.41, 5.74) is 5.83. The lowest BCUT2D eigenvalue weighted by Crippen LogP contribution is -2.34. The van der Waals surface area contributed by atoms with E-state index in [1.165, 1.54) is 19.5 Å². The Morgan fingerprint density at radius 3 is 2.63 bits per heavy atom.